The van der Waals surface area contributed by atoms with Crippen LogP contribution in [-0.4, -0.2) is 37.2 Å². The first kappa shape index (κ1) is 54.9. The quantitative estimate of drug-likeness (QED) is 0.0264. The summed E-state index contributed by atoms with van der Waals surface area (Å²) in [5, 5.41) is 0. The van der Waals surface area contributed by atoms with Crippen molar-refractivity contribution in [3.05, 3.63) is 72.9 Å². The summed E-state index contributed by atoms with van der Waals surface area (Å²) in [5.74, 6) is -0.927. The molecule has 0 aromatic heterocycles. The molecule has 1 atom stereocenters. The molecule has 0 saturated carbocycles. The minimum absolute atomic E-state index is 0.0874. The SMILES string of the molecule is CC\C=C/C=C\C=C/C=C\CCCCCCCC(=O)OCC(COC(=O)CCCCCCCCCCCC)OC(=O)CCCCCCCC/C=C\C=C/CCCCC. The lowest BCUT2D eigenvalue weighted by atomic mass is 10.1. The Morgan fingerprint density at radius 2 is 0.672 bits per heavy atom. The predicted octanol–water partition coefficient (Wildman–Crippen LogP) is 15.5. The van der Waals surface area contributed by atoms with Gasteiger partial charge in [0.1, 0.15) is 13.2 Å². The van der Waals surface area contributed by atoms with E-state index in [0.29, 0.717) is 19.3 Å². The second kappa shape index (κ2) is 46.5. The molecule has 0 spiro atoms. The van der Waals surface area contributed by atoms with Crippen molar-refractivity contribution in [2.24, 2.45) is 0 Å². The Labute approximate surface area is 357 Å². The molecule has 0 amide bonds. The van der Waals surface area contributed by atoms with Crippen LogP contribution in [0.3, 0.4) is 0 Å². The van der Waals surface area contributed by atoms with E-state index in [9.17, 15) is 14.4 Å². The van der Waals surface area contributed by atoms with Gasteiger partial charge in [0.15, 0.2) is 6.10 Å². The van der Waals surface area contributed by atoms with Crippen molar-refractivity contribution in [3.8, 4) is 0 Å². The van der Waals surface area contributed by atoms with Crippen LogP contribution < -0.4 is 0 Å². The van der Waals surface area contributed by atoms with Gasteiger partial charge >= 0.3 is 17.9 Å². The standard InChI is InChI=1S/C52H88O6/c1-4-7-10-13-16-19-22-24-26-28-30-33-36-39-42-45-51(54)57-48-49(47-56-50(53)44-41-38-35-32-21-18-15-12-9-6-3)58-52(55)46-43-40-37-34-31-29-27-25-23-20-17-14-11-8-5-2/h7,10,13,16-17,19-20,22-26,49H,4-6,8-9,11-12,14-15,18,21,27-48H2,1-3H3/b10-7-,16-13-,20-17-,22-19-,25-23-,26-24-. The zero-order valence-corrected chi connectivity index (χ0v) is 37.8. The minimum Gasteiger partial charge on any atom is -0.462 e. The minimum atomic E-state index is -0.788. The van der Waals surface area contributed by atoms with Crippen molar-refractivity contribution in [2.75, 3.05) is 13.2 Å². The number of ether oxygens (including phenoxy) is 3. The molecule has 0 N–H and O–H groups in total. The van der Waals surface area contributed by atoms with E-state index in [1.165, 1.54) is 83.5 Å². The van der Waals surface area contributed by atoms with Crippen molar-refractivity contribution in [1.29, 1.82) is 0 Å². The Balaban J connectivity index is 4.44. The summed E-state index contributed by atoms with van der Waals surface area (Å²) in [4.78, 5) is 37.8. The first-order valence-corrected chi connectivity index (χ1v) is 24.0. The fourth-order valence-corrected chi connectivity index (χ4v) is 6.44. The summed E-state index contributed by atoms with van der Waals surface area (Å²) < 4.78 is 16.7. The number of esters is 3. The molecule has 0 aliphatic rings. The third-order valence-electron chi connectivity index (χ3n) is 10.1. The van der Waals surface area contributed by atoms with Crippen LogP contribution >= 0.6 is 0 Å². The molecular weight excluding hydrogens is 721 g/mol. The van der Waals surface area contributed by atoms with Gasteiger partial charge in [-0.05, 0) is 64.2 Å². The van der Waals surface area contributed by atoms with Crippen molar-refractivity contribution in [2.45, 2.75) is 226 Å². The largest absolute Gasteiger partial charge is 0.462 e. The van der Waals surface area contributed by atoms with Gasteiger partial charge < -0.3 is 14.2 Å². The molecule has 0 saturated heterocycles. The van der Waals surface area contributed by atoms with Crippen LogP contribution in [0.1, 0.15) is 220 Å². The Kier molecular flexibility index (Phi) is 44.0. The van der Waals surface area contributed by atoms with Gasteiger partial charge in [-0.2, -0.15) is 0 Å². The maximum atomic E-state index is 12.7. The highest BCUT2D eigenvalue weighted by Crippen LogP contribution is 2.14. The molecule has 0 aromatic carbocycles. The molecule has 6 heteroatoms. The van der Waals surface area contributed by atoms with Gasteiger partial charge in [0.05, 0.1) is 0 Å². The molecule has 0 aromatic rings. The molecule has 0 fully saturated rings. The third-order valence-corrected chi connectivity index (χ3v) is 10.1. The zero-order chi connectivity index (χ0) is 42.3. The molecule has 1 unspecified atom stereocenters. The topological polar surface area (TPSA) is 78.9 Å². The smallest absolute Gasteiger partial charge is 0.306 e. The number of allylic oxidation sites excluding steroid dienone is 12. The third kappa shape index (κ3) is 44.0. The van der Waals surface area contributed by atoms with Gasteiger partial charge in [-0.3, -0.25) is 14.4 Å². The van der Waals surface area contributed by atoms with Crippen molar-refractivity contribution < 1.29 is 28.6 Å². The fraction of sp³-hybridized carbons (Fsp3) is 0.712. The van der Waals surface area contributed by atoms with E-state index in [1.54, 1.807) is 0 Å². The number of unbranched alkanes of at least 4 members (excludes halogenated alkanes) is 23. The van der Waals surface area contributed by atoms with E-state index in [2.05, 4.69) is 75.5 Å². The average molecular weight is 809 g/mol. The highest BCUT2D eigenvalue weighted by molar-refractivity contribution is 5.71. The molecule has 0 aliphatic carbocycles. The van der Waals surface area contributed by atoms with E-state index in [-0.39, 0.29) is 31.1 Å². The monoisotopic (exact) mass is 809 g/mol. The molecule has 58 heavy (non-hydrogen) atoms. The maximum Gasteiger partial charge on any atom is 0.306 e. The van der Waals surface area contributed by atoms with Crippen LogP contribution in [0.25, 0.3) is 0 Å². The second-order valence-corrected chi connectivity index (χ2v) is 15.8. The number of carbonyl (C=O) groups excluding carboxylic acids is 3. The van der Waals surface area contributed by atoms with Gasteiger partial charge in [-0.25, -0.2) is 0 Å². The van der Waals surface area contributed by atoms with Crippen LogP contribution in [0.5, 0.6) is 0 Å². The lowest BCUT2D eigenvalue weighted by Gasteiger charge is -2.18. The molecular formula is C52H88O6. The maximum absolute atomic E-state index is 12.7. The van der Waals surface area contributed by atoms with Crippen LogP contribution in [-0.2, 0) is 28.6 Å². The second-order valence-electron chi connectivity index (χ2n) is 15.8. The first-order valence-electron chi connectivity index (χ1n) is 24.0. The van der Waals surface area contributed by atoms with Crippen LogP contribution in [0.15, 0.2) is 72.9 Å². The molecule has 0 radical (unpaired) electrons. The van der Waals surface area contributed by atoms with Gasteiger partial charge in [0.2, 0.25) is 0 Å². The summed E-state index contributed by atoms with van der Waals surface area (Å²) in [6.45, 7) is 6.42. The highest BCUT2D eigenvalue weighted by atomic mass is 16.6. The summed E-state index contributed by atoms with van der Waals surface area (Å²) >= 11 is 0. The molecule has 0 aliphatic heterocycles. The number of hydrogen-bond acceptors (Lipinski definition) is 6. The molecule has 332 valence electrons. The van der Waals surface area contributed by atoms with E-state index in [4.69, 9.17) is 14.2 Å². The van der Waals surface area contributed by atoms with Crippen LogP contribution in [0.2, 0.25) is 0 Å². The molecule has 6 nitrogen and oxygen atoms in total. The van der Waals surface area contributed by atoms with Gasteiger partial charge in [0, 0.05) is 19.3 Å². The van der Waals surface area contributed by atoms with E-state index < -0.39 is 6.10 Å². The summed E-state index contributed by atoms with van der Waals surface area (Å²) in [6, 6.07) is 0. The van der Waals surface area contributed by atoms with Crippen LogP contribution in [0.4, 0.5) is 0 Å². The van der Waals surface area contributed by atoms with E-state index in [0.717, 1.165) is 96.3 Å². The zero-order valence-electron chi connectivity index (χ0n) is 37.8. The van der Waals surface area contributed by atoms with Crippen molar-refractivity contribution >= 4 is 17.9 Å². The lowest BCUT2D eigenvalue weighted by Crippen LogP contribution is -2.30. The van der Waals surface area contributed by atoms with E-state index >= 15 is 0 Å². The van der Waals surface area contributed by atoms with Crippen molar-refractivity contribution in [1.82, 2.24) is 0 Å². The summed E-state index contributed by atoms with van der Waals surface area (Å²) in [6.07, 6.45) is 57.3. The Morgan fingerprint density at radius 1 is 0.362 bits per heavy atom. The molecule has 0 heterocycles. The Bertz CT molecular complexity index is 1110. The number of hydrogen-bond donors (Lipinski definition) is 0. The Morgan fingerprint density at radius 3 is 1.10 bits per heavy atom. The van der Waals surface area contributed by atoms with Gasteiger partial charge in [-0.15, -0.1) is 0 Å². The van der Waals surface area contributed by atoms with Gasteiger partial charge in [0.25, 0.3) is 0 Å². The number of carbonyl (C=O) groups is 3. The molecule has 0 rings (SSSR count). The summed E-state index contributed by atoms with van der Waals surface area (Å²) in [5.41, 5.74) is 0. The first-order chi connectivity index (χ1) is 28.5. The summed E-state index contributed by atoms with van der Waals surface area (Å²) in [7, 11) is 0. The van der Waals surface area contributed by atoms with Crippen LogP contribution in [0, 0.1) is 0 Å². The fourth-order valence-electron chi connectivity index (χ4n) is 6.44. The lowest BCUT2D eigenvalue weighted by molar-refractivity contribution is -0.167. The van der Waals surface area contributed by atoms with Gasteiger partial charge in [-0.1, -0.05) is 209 Å². The average Bonchev–Trinajstić information content (AvgIpc) is 3.22. The molecule has 0 bridgehead atoms. The van der Waals surface area contributed by atoms with Crippen molar-refractivity contribution in [3.63, 3.8) is 0 Å². The number of rotatable bonds is 42. The predicted molar refractivity (Wildman–Crippen MR) is 247 cm³/mol. The highest BCUT2D eigenvalue weighted by Gasteiger charge is 2.19. The normalized spacial score (nSPS) is 12.7. The Hall–Kier alpha value is -3.15. The van der Waals surface area contributed by atoms with E-state index in [1.807, 2.05) is 18.2 Å².